The maximum Gasteiger partial charge on any atom is 0.409 e. The minimum atomic E-state index is -0.308. The Labute approximate surface area is 230 Å². The summed E-state index contributed by atoms with van der Waals surface area (Å²) in [6.07, 6.45) is 8.79. The minimum Gasteiger partial charge on any atom is -0.453 e. The van der Waals surface area contributed by atoms with Crippen LogP contribution < -0.4 is 11.1 Å². The summed E-state index contributed by atoms with van der Waals surface area (Å²) in [4.78, 5) is 31.1. The number of anilines is 1. The maximum absolute atomic E-state index is 13.0. The van der Waals surface area contributed by atoms with Crippen LogP contribution in [0.4, 0.5) is 10.6 Å². The average Bonchev–Trinajstić information content (AvgIpc) is 2.96. The third kappa shape index (κ3) is 5.98. The van der Waals surface area contributed by atoms with Crippen LogP contribution in [0.15, 0.2) is 66.9 Å². The van der Waals surface area contributed by atoms with Gasteiger partial charge in [0.15, 0.2) is 0 Å². The van der Waals surface area contributed by atoms with E-state index in [0.29, 0.717) is 18.2 Å². The molecule has 0 spiro atoms. The molecule has 0 aliphatic heterocycles. The van der Waals surface area contributed by atoms with E-state index in [9.17, 15) is 9.59 Å². The third-order valence-corrected chi connectivity index (χ3v) is 8.57. The van der Waals surface area contributed by atoms with Crippen molar-refractivity contribution in [1.82, 2.24) is 9.88 Å². The van der Waals surface area contributed by atoms with E-state index in [4.69, 9.17) is 10.5 Å². The first-order chi connectivity index (χ1) is 18.9. The molecule has 1 heterocycles. The van der Waals surface area contributed by atoms with Crippen LogP contribution >= 0.6 is 0 Å². The summed E-state index contributed by atoms with van der Waals surface area (Å²) in [5.41, 5.74) is 11.7. The van der Waals surface area contributed by atoms with Crippen LogP contribution in [0.3, 0.4) is 0 Å². The summed E-state index contributed by atoms with van der Waals surface area (Å²) in [6.45, 7) is 0. The second kappa shape index (κ2) is 11.6. The summed E-state index contributed by atoms with van der Waals surface area (Å²) in [5, 5.41) is 3.03. The van der Waals surface area contributed by atoms with Crippen LogP contribution in [0, 0.1) is 5.92 Å². The number of pyridine rings is 1. The molecule has 0 saturated heterocycles. The van der Waals surface area contributed by atoms with Gasteiger partial charge in [0.1, 0.15) is 5.82 Å². The van der Waals surface area contributed by atoms with E-state index in [-0.39, 0.29) is 23.6 Å². The van der Waals surface area contributed by atoms with Crippen LogP contribution in [0.25, 0.3) is 22.3 Å². The van der Waals surface area contributed by atoms with Crippen molar-refractivity contribution in [2.45, 2.75) is 62.9 Å². The molecule has 2 aromatic carbocycles. The zero-order valence-corrected chi connectivity index (χ0v) is 22.9. The van der Waals surface area contributed by atoms with Gasteiger partial charge in [-0.3, -0.25) is 4.79 Å². The number of hydrogen-bond acceptors (Lipinski definition) is 5. The second-order valence-corrected chi connectivity index (χ2v) is 11.1. The Kier molecular flexibility index (Phi) is 7.98. The lowest BCUT2D eigenvalue weighted by atomic mass is 9.72. The summed E-state index contributed by atoms with van der Waals surface area (Å²) in [5.74, 6) is 0.811. The fourth-order valence-corrected chi connectivity index (χ4v) is 5.92. The predicted molar refractivity (Wildman–Crippen MR) is 154 cm³/mol. The van der Waals surface area contributed by atoms with Gasteiger partial charge in [-0.15, -0.1) is 0 Å². The number of carbonyl (C=O) groups excluding carboxylic acids is 2. The molecule has 0 atom stereocenters. The average molecular weight is 527 g/mol. The van der Waals surface area contributed by atoms with Crippen molar-refractivity contribution in [3.8, 4) is 22.3 Å². The molecule has 1 aromatic heterocycles. The normalized spacial score (nSPS) is 20.0. The van der Waals surface area contributed by atoms with Gasteiger partial charge in [0.05, 0.1) is 7.11 Å². The molecule has 7 nitrogen and oxygen atoms in total. The van der Waals surface area contributed by atoms with Gasteiger partial charge >= 0.3 is 6.09 Å². The summed E-state index contributed by atoms with van der Waals surface area (Å²) < 4.78 is 4.84. The molecule has 2 amide bonds. The van der Waals surface area contributed by atoms with E-state index in [1.807, 2.05) is 30.5 Å². The van der Waals surface area contributed by atoms with Gasteiger partial charge in [0, 0.05) is 36.8 Å². The molecular formula is C32H38N4O3. The van der Waals surface area contributed by atoms with E-state index in [1.165, 1.54) is 19.1 Å². The summed E-state index contributed by atoms with van der Waals surface area (Å²) in [7, 11) is 3.18. The van der Waals surface area contributed by atoms with Crippen molar-refractivity contribution in [3.05, 3.63) is 72.4 Å². The molecule has 3 N–H and O–H groups in total. The van der Waals surface area contributed by atoms with Gasteiger partial charge in [-0.25, -0.2) is 9.78 Å². The SMILES string of the molecule is COC(=O)N(C)[C@H]1CC[C@H](CC(=O)Nc2cc(-c3ccccc3)c(-c3ccc(C4(N)CCC4)cc3)cn2)CC1. The lowest BCUT2D eigenvalue weighted by molar-refractivity contribution is -0.117. The Balaban J connectivity index is 1.28. The number of methoxy groups -OCH3 is 1. The van der Waals surface area contributed by atoms with Gasteiger partial charge in [0.25, 0.3) is 0 Å². The number of aromatic nitrogens is 1. The largest absolute Gasteiger partial charge is 0.453 e. The molecule has 0 radical (unpaired) electrons. The summed E-state index contributed by atoms with van der Waals surface area (Å²) in [6, 6.07) is 20.8. The maximum atomic E-state index is 13.0. The van der Waals surface area contributed by atoms with Crippen molar-refractivity contribution in [1.29, 1.82) is 0 Å². The minimum absolute atomic E-state index is 0.0304. The molecule has 3 aromatic rings. The number of hydrogen-bond donors (Lipinski definition) is 2. The van der Waals surface area contributed by atoms with Crippen molar-refractivity contribution in [3.63, 3.8) is 0 Å². The molecule has 204 valence electrons. The number of rotatable bonds is 7. The molecule has 39 heavy (non-hydrogen) atoms. The number of nitrogens with two attached hydrogens (primary N) is 1. The molecule has 2 saturated carbocycles. The van der Waals surface area contributed by atoms with Gasteiger partial charge in [-0.2, -0.15) is 0 Å². The van der Waals surface area contributed by atoms with Crippen molar-refractivity contribution < 1.29 is 14.3 Å². The molecule has 0 bridgehead atoms. The topological polar surface area (TPSA) is 97.5 Å². The van der Waals surface area contributed by atoms with E-state index in [2.05, 4.69) is 46.7 Å². The lowest BCUT2D eigenvalue weighted by Gasteiger charge is -2.38. The van der Waals surface area contributed by atoms with Crippen molar-refractivity contribution >= 4 is 17.8 Å². The molecule has 5 rings (SSSR count). The molecule has 2 aliphatic carbocycles. The van der Waals surface area contributed by atoms with Crippen molar-refractivity contribution in [2.24, 2.45) is 11.7 Å². The Morgan fingerprint density at radius 2 is 1.67 bits per heavy atom. The number of nitrogens with zero attached hydrogens (tertiary/aromatic N) is 2. The first-order valence-electron chi connectivity index (χ1n) is 13.9. The van der Waals surface area contributed by atoms with Crippen LogP contribution in [0.2, 0.25) is 0 Å². The Hall–Kier alpha value is -3.71. The van der Waals surface area contributed by atoms with Gasteiger partial charge in [-0.1, -0.05) is 54.6 Å². The number of amides is 2. The van der Waals surface area contributed by atoms with Crippen LogP contribution in [0.5, 0.6) is 0 Å². The lowest BCUT2D eigenvalue weighted by Crippen LogP contribution is -2.43. The fraction of sp³-hybridized carbons (Fsp3) is 0.406. The third-order valence-electron chi connectivity index (χ3n) is 8.57. The molecule has 2 fully saturated rings. The first kappa shape index (κ1) is 26.9. The predicted octanol–water partition coefficient (Wildman–Crippen LogP) is 6.34. The van der Waals surface area contributed by atoms with E-state index < -0.39 is 0 Å². The highest BCUT2D eigenvalue weighted by Crippen LogP contribution is 2.40. The molecular weight excluding hydrogens is 488 g/mol. The van der Waals surface area contributed by atoms with Crippen LogP contribution in [-0.2, 0) is 15.1 Å². The number of nitrogens with one attached hydrogen (secondary N) is 1. The smallest absolute Gasteiger partial charge is 0.409 e. The molecule has 2 aliphatic rings. The molecule has 0 unspecified atom stereocenters. The zero-order chi connectivity index (χ0) is 27.4. The number of benzene rings is 2. The van der Waals surface area contributed by atoms with Crippen LogP contribution in [0.1, 0.15) is 56.9 Å². The highest BCUT2D eigenvalue weighted by atomic mass is 16.5. The van der Waals surface area contributed by atoms with Crippen molar-refractivity contribution in [2.75, 3.05) is 19.5 Å². The Bertz CT molecular complexity index is 1300. The zero-order valence-electron chi connectivity index (χ0n) is 22.9. The Morgan fingerprint density at radius 3 is 2.28 bits per heavy atom. The highest BCUT2D eigenvalue weighted by molar-refractivity contribution is 5.92. The monoisotopic (exact) mass is 526 g/mol. The van der Waals surface area contributed by atoms with Gasteiger partial charge in [0.2, 0.25) is 5.91 Å². The quantitative estimate of drug-likeness (QED) is 0.374. The first-order valence-corrected chi connectivity index (χ1v) is 13.9. The fourth-order valence-electron chi connectivity index (χ4n) is 5.92. The number of carbonyl (C=O) groups is 2. The van der Waals surface area contributed by atoms with E-state index in [1.54, 1.807) is 11.9 Å². The van der Waals surface area contributed by atoms with Gasteiger partial charge < -0.3 is 20.7 Å². The summed E-state index contributed by atoms with van der Waals surface area (Å²) >= 11 is 0. The second-order valence-electron chi connectivity index (χ2n) is 11.1. The molecule has 7 heteroatoms. The number of ether oxygens (including phenoxy) is 1. The highest BCUT2D eigenvalue weighted by Gasteiger charge is 2.34. The van der Waals surface area contributed by atoms with Crippen LogP contribution in [-0.4, -0.2) is 42.1 Å². The van der Waals surface area contributed by atoms with E-state index in [0.717, 1.165) is 60.8 Å². The van der Waals surface area contributed by atoms with E-state index >= 15 is 0 Å². The van der Waals surface area contributed by atoms with Gasteiger partial charge in [-0.05, 0) is 79.2 Å². The Morgan fingerprint density at radius 1 is 1.00 bits per heavy atom. The standard InChI is InChI=1S/C32H38N4O3/c1-36(31(38)39-2)26-15-9-22(10-16-26)19-30(37)35-29-20-27(23-7-4-3-5-8-23)28(21-34-29)24-11-13-25(14-12-24)32(33)17-6-18-32/h3-5,7-8,11-14,20-22,26H,6,9-10,15-19,33H2,1-2H3,(H,34,35,37)/t22-,26-.